The Morgan fingerprint density at radius 1 is 1.35 bits per heavy atom. The van der Waals surface area contributed by atoms with Gasteiger partial charge in [0, 0.05) is 25.4 Å². The summed E-state index contributed by atoms with van der Waals surface area (Å²) >= 11 is 0. The quantitative estimate of drug-likeness (QED) is 0.818. The van der Waals surface area contributed by atoms with Crippen molar-refractivity contribution >= 4 is 5.78 Å². The molecule has 98 valence electrons. The molecule has 0 amide bonds. The predicted octanol–water partition coefficient (Wildman–Crippen LogP) is 1.98. The molecule has 0 bridgehead atoms. The zero-order valence-electron chi connectivity index (χ0n) is 11.0. The van der Waals surface area contributed by atoms with Crippen molar-refractivity contribution in [2.24, 2.45) is 5.92 Å². The van der Waals surface area contributed by atoms with Crippen molar-refractivity contribution in [3.05, 3.63) is 0 Å². The number of piperidine rings is 1. The SMILES string of the molecule is CCCN1CCC(O)(C2CCCCC2=O)CC1. The summed E-state index contributed by atoms with van der Waals surface area (Å²) < 4.78 is 0. The number of nitrogens with zero attached hydrogens (tertiary/aromatic N) is 1. The molecule has 2 rings (SSSR count). The fourth-order valence-electron chi connectivity index (χ4n) is 3.38. The first kappa shape index (κ1) is 13.0. The van der Waals surface area contributed by atoms with Crippen LogP contribution in [0.2, 0.25) is 0 Å². The normalized spacial score (nSPS) is 30.5. The van der Waals surface area contributed by atoms with E-state index < -0.39 is 5.60 Å². The van der Waals surface area contributed by atoms with E-state index in [1.165, 1.54) is 6.42 Å². The molecule has 3 nitrogen and oxygen atoms in total. The van der Waals surface area contributed by atoms with Gasteiger partial charge in [-0.3, -0.25) is 4.79 Å². The van der Waals surface area contributed by atoms with Gasteiger partial charge in [-0.2, -0.15) is 0 Å². The van der Waals surface area contributed by atoms with Crippen molar-refractivity contribution in [3.63, 3.8) is 0 Å². The molecule has 0 aromatic carbocycles. The predicted molar refractivity (Wildman–Crippen MR) is 67.9 cm³/mol. The molecule has 1 aliphatic heterocycles. The lowest BCUT2D eigenvalue weighted by Gasteiger charge is -2.43. The van der Waals surface area contributed by atoms with Gasteiger partial charge in [0.25, 0.3) is 0 Å². The average Bonchev–Trinajstić information content (AvgIpc) is 2.33. The largest absolute Gasteiger partial charge is 0.389 e. The highest BCUT2D eigenvalue weighted by molar-refractivity contribution is 5.82. The van der Waals surface area contributed by atoms with E-state index in [4.69, 9.17) is 0 Å². The Kier molecular flexibility index (Phi) is 4.21. The smallest absolute Gasteiger partial charge is 0.138 e. The van der Waals surface area contributed by atoms with Crippen LogP contribution in [0.3, 0.4) is 0 Å². The van der Waals surface area contributed by atoms with Crippen molar-refractivity contribution in [2.45, 2.75) is 57.5 Å². The molecule has 1 saturated heterocycles. The maximum atomic E-state index is 11.9. The van der Waals surface area contributed by atoms with Crippen LogP contribution in [-0.2, 0) is 4.79 Å². The standard InChI is InChI=1S/C14H25NO2/c1-2-9-15-10-7-14(17,8-11-15)12-5-3-4-6-13(12)16/h12,17H,2-11H2,1H3. The van der Waals surface area contributed by atoms with Gasteiger partial charge >= 0.3 is 0 Å². The van der Waals surface area contributed by atoms with Crippen LogP contribution in [0.15, 0.2) is 0 Å². The Bertz CT molecular complexity index is 269. The maximum Gasteiger partial charge on any atom is 0.138 e. The minimum atomic E-state index is -0.693. The number of likely N-dealkylation sites (tertiary alicyclic amines) is 1. The van der Waals surface area contributed by atoms with Gasteiger partial charge < -0.3 is 10.0 Å². The van der Waals surface area contributed by atoms with Gasteiger partial charge in [0.1, 0.15) is 5.78 Å². The van der Waals surface area contributed by atoms with Crippen LogP contribution in [0.5, 0.6) is 0 Å². The lowest BCUT2D eigenvalue weighted by Crippen LogP contribution is -2.51. The second-order valence-electron chi connectivity index (χ2n) is 5.71. The van der Waals surface area contributed by atoms with E-state index in [0.717, 1.165) is 51.7 Å². The summed E-state index contributed by atoms with van der Waals surface area (Å²) in [7, 11) is 0. The number of hydrogen-bond donors (Lipinski definition) is 1. The molecule has 1 saturated carbocycles. The molecule has 1 atom stereocenters. The van der Waals surface area contributed by atoms with Crippen LogP contribution in [0.25, 0.3) is 0 Å². The molecule has 1 heterocycles. The molecular weight excluding hydrogens is 214 g/mol. The minimum Gasteiger partial charge on any atom is -0.389 e. The van der Waals surface area contributed by atoms with E-state index in [2.05, 4.69) is 11.8 Å². The van der Waals surface area contributed by atoms with Crippen molar-refractivity contribution in [2.75, 3.05) is 19.6 Å². The second-order valence-corrected chi connectivity index (χ2v) is 5.71. The Morgan fingerprint density at radius 3 is 2.65 bits per heavy atom. The molecular formula is C14H25NO2. The lowest BCUT2D eigenvalue weighted by atomic mass is 9.71. The van der Waals surface area contributed by atoms with Crippen LogP contribution in [0, 0.1) is 5.92 Å². The molecule has 1 N–H and O–H groups in total. The number of rotatable bonds is 3. The third kappa shape index (κ3) is 2.89. The van der Waals surface area contributed by atoms with Crippen LogP contribution in [0.4, 0.5) is 0 Å². The second kappa shape index (κ2) is 5.49. The van der Waals surface area contributed by atoms with E-state index in [1.807, 2.05) is 0 Å². The first-order valence-electron chi connectivity index (χ1n) is 7.13. The first-order chi connectivity index (χ1) is 8.15. The lowest BCUT2D eigenvalue weighted by molar-refractivity contribution is -0.140. The van der Waals surface area contributed by atoms with Crippen molar-refractivity contribution in [1.29, 1.82) is 0 Å². The molecule has 0 aromatic rings. The monoisotopic (exact) mass is 239 g/mol. The first-order valence-corrected chi connectivity index (χ1v) is 7.13. The maximum absolute atomic E-state index is 11.9. The van der Waals surface area contributed by atoms with E-state index in [-0.39, 0.29) is 5.92 Å². The zero-order valence-corrected chi connectivity index (χ0v) is 11.0. The summed E-state index contributed by atoms with van der Waals surface area (Å²) in [5.74, 6) is 0.239. The molecule has 0 radical (unpaired) electrons. The molecule has 2 fully saturated rings. The Hall–Kier alpha value is -0.410. The summed E-state index contributed by atoms with van der Waals surface area (Å²) in [5, 5.41) is 10.7. The number of carbonyl (C=O) groups is 1. The topological polar surface area (TPSA) is 40.5 Å². The molecule has 1 unspecified atom stereocenters. The Morgan fingerprint density at radius 2 is 2.06 bits per heavy atom. The van der Waals surface area contributed by atoms with E-state index in [1.54, 1.807) is 0 Å². The highest BCUT2D eigenvalue weighted by Gasteiger charge is 2.43. The Balaban J connectivity index is 1.94. The summed E-state index contributed by atoms with van der Waals surface area (Å²) in [4.78, 5) is 14.3. The van der Waals surface area contributed by atoms with E-state index in [0.29, 0.717) is 12.2 Å². The van der Waals surface area contributed by atoms with Gasteiger partial charge in [0.2, 0.25) is 0 Å². The van der Waals surface area contributed by atoms with Gasteiger partial charge in [-0.15, -0.1) is 0 Å². The van der Waals surface area contributed by atoms with Crippen molar-refractivity contribution in [3.8, 4) is 0 Å². The fourth-order valence-corrected chi connectivity index (χ4v) is 3.38. The Labute approximate surface area is 104 Å². The molecule has 0 spiro atoms. The highest BCUT2D eigenvalue weighted by Crippen LogP contribution is 2.37. The summed E-state index contributed by atoms with van der Waals surface area (Å²) in [6, 6.07) is 0. The number of carbonyl (C=O) groups excluding carboxylic acids is 1. The molecule has 2 aliphatic rings. The van der Waals surface area contributed by atoms with Gasteiger partial charge in [-0.05, 0) is 38.6 Å². The number of hydrogen-bond acceptors (Lipinski definition) is 3. The number of ketones is 1. The van der Waals surface area contributed by atoms with Crippen LogP contribution >= 0.6 is 0 Å². The summed E-state index contributed by atoms with van der Waals surface area (Å²) in [6.45, 7) is 5.21. The van der Waals surface area contributed by atoms with Crippen LogP contribution in [0.1, 0.15) is 51.9 Å². The third-order valence-electron chi connectivity index (χ3n) is 4.47. The van der Waals surface area contributed by atoms with Crippen molar-refractivity contribution in [1.82, 2.24) is 4.90 Å². The number of Topliss-reactive ketones (excluding diaryl/α,β-unsaturated/α-hetero) is 1. The zero-order chi connectivity index (χ0) is 12.3. The minimum absolute atomic E-state index is 0.0694. The van der Waals surface area contributed by atoms with Gasteiger partial charge in [0.05, 0.1) is 5.60 Å². The summed E-state index contributed by atoms with van der Waals surface area (Å²) in [6.07, 6.45) is 6.45. The highest BCUT2D eigenvalue weighted by atomic mass is 16.3. The summed E-state index contributed by atoms with van der Waals surface area (Å²) in [5.41, 5.74) is -0.693. The van der Waals surface area contributed by atoms with Crippen LogP contribution in [-0.4, -0.2) is 41.0 Å². The van der Waals surface area contributed by atoms with E-state index in [9.17, 15) is 9.90 Å². The van der Waals surface area contributed by atoms with Gasteiger partial charge in [-0.25, -0.2) is 0 Å². The van der Waals surface area contributed by atoms with Crippen LogP contribution < -0.4 is 0 Å². The average molecular weight is 239 g/mol. The van der Waals surface area contributed by atoms with E-state index >= 15 is 0 Å². The molecule has 17 heavy (non-hydrogen) atoms. The molecule has 3 heteroatoms. The van der Waals surface area contributed by atoms with Gasteiger partial charge in [0.15, 0.2) is 0 Å². The molecule has 0 aromatic heterocycles. The third-order valence-corrected chi connectivity index (χ3v) is 4.47. The molecule has 1 aliphatic carbocycles. The fraction of sp³-hybridized carbons (Fsp3) is 0.929. The number of aliphatic hydroxyl groups is 1. The van der Waals surface area contributed by atoms with Gasteiger partial charge in [-0.1, -0.05) is 13.3 Å². The van der Waals surface area contributed by atoms with Crippen molar-refractivity contribution < 1.29 is 9.90 Å².